The van der Waals surface area contributed by atoms with Crippen LogP contribution in [-0.2, 0) is 23.2 Å². The Morgan fingerprint density at radius 2 is 1.90 bits per heavy atom. The largest absolute Gasteiger partial charge is 0.311 e. The molecule has 0 saturated carbocycles. The molecule has 1 N–H and O–H groups in total. The van der Waals surface area contributed by atoms with E-state index in [1.54, 1.807) is 8.61 Å². The van der Waals surface area contributed by atoms with Crippen molar-refractivity contribution in [3.05, 3.63) is 35.4 Å². The number of hydrogen-bond donors (Lipinski definition) is 1. The van der Waals surface area contributed by atoms with Crippen LogP contribution in [-0.4, -0.2) is 48.7 Å². The lowest BCUT2D eigenvalue weighted by Gasteiger charge is -2.40. The molecule has 1 saturated heterocycles. The van der Waals surface area contributed by atoms with E-state index < -0.39 is 10.2 Å². The van der Waals surface area contributed by atoms with E-state index in [1.165, 1.54) is 5.56 Å². The lowest BCUT2D eigenvalue weighted by molar-refractivity contribution is 0.222. The van der Waals surface area contributed by atoms with Gasteiger partial charge in [-0.05, 0) is 31.4 Å². The van der Waals surface area contributed by atoms with Crippen LogP contribution in [0.5, 0.6) is 0 Å². The first-order chi connectivity index (χ1) is 9.98. The van der Waals surface area contributed by atoms with Crippen LogP contribution in [0.4, 0.5) is 0 Å². The Morgan fingerprint density at radius 3 is 2.67 bits per heavy atom. The van der Waals surface area contributed by atoms with Gasteiger partial charge in [-0.15, -0.1) is 0 Å². The third-order valence-corrected chi connectivity index (χ3v) is 6.49. The van der Waals surface area contributed by atoms with Gasteiger partial charge in [-0.2, -0.15) is 17.0 Å². The van der Waals surface area contributed by atoms with Gasteiger partial charge in [-0.1, -0.05) is 24.3 Å². The van der Waals surface area contributed by atoms with Crippen LogP contribution in [0.2, 0.25) is 0 Å². The number of rotatable bonds is 2. The number of piperazine rings is 1. The number of nitrogens with one attached hydrogen (secondary N) is 1. The van der Waals surface area contributed by atoms with Crippen molar-refractivity contribution in [2.45, 2.75) is 38.9 Å². The first-order valence-corrected chi connectivity index (χ1v) is 8.95. The smallest absolute Gasteiger partial charge is 0.282 e. The minimum absolute atomic E-state index is 0.00312. The van der Waals surface area contributed by atoms with Gasteiger partial charge in [0.05, 0.1) is 0 Å². The van der Waals surface area contributed by atoms with Gasteiger partial charge in [-0.25, -0.2) is 0 Å². The maximum atomic E-state index is 12.9. The molecule has 116 valence electrons. The molecule has 0 spiro atoms. The van der Waals surface area contributed by atoms with E-state index in [-0.39, 0.29) is 12.1 Å². The topological polar surface area (TPSA) is 52.7 Å². The second-order valence-corrected chi connectivity index (χ2v) is 7.97. The molecule has 2 atom stereocenters. The molecule has 1 aromatic carbocycles. The average Bonchev–Trinajstić information content (AvgIpc) is 2.49. The zero-order valence-corrected chi connectivity index (χ0v) is 13.4. The van der Waals surface area contributed by atoms with E-state index in [0.29, 0.717) is 26.2 Å². The molecule has 0 bridgehead atoms. The molecule has 21 heavy (non-hydrogen) atoms. The molecule has 1 aromatic rings. The molecule has 2 heterocycles. The quantitative estimate of drug-likeness (QED) is 0.886. The lowest BCUT2D eigenvalue weighted by Crippen LogP contribution is -2.59. The molecule has 2 aliphatic rings. The summed E-state index contributed by atoms with van der Waals surface area (Å²) in [5, 5.41) is 3.33. The van der Waals surface area contributed by atoms with Crippen molar-refractivity contribution in [3.63, 3.8) is 0 Å². The molecule has 5 nitrogen and oxygen atoms in total. The Kier molecular flexibility index (Phi) is 4.05. The standard InChI is InChI=1S/C15H23N3O2S/c1-12-10-18(13(2)9-16-12)21(19,20)17-8-7-14-5-3-4-6-15(14)11-17/h3-6,12-13,16H,7-11H2,1-2H3. The van der Waals surface area contributed by atoms with Crippen molar-refractivity contribution in [3.8, 4) is 0 Å². The Labute approximate surface area is 127 Å². The second-order valence-electron chi connectivity index (χ2n) is 6.09. The molecule has 3 rings (SSSR count). The number of nitrogens with zero attached hydrogens (tertiary/aromatic N) is 2. The fourth-order valence-corrected chi connectivity index (χ4v) is 4.99. The monoisotopic (exact) mass is 309 g/mol. The highest BCUT2D eigenvalue weighted by Gasteiger charge is 2.37. The fourth-order valence-electron chi connectivity index (χ4n) is 3.12. The van der Waals surface area contributed by atoms with E-state index in [4.69, 9.17) is 0 Å². The maximum Gasteiger partial charge on any atom is 0.282 e. The summed E-state index contributed by atoms with van der Waals surface area (Å²) in [4.78, 5) is 0. The number of hydrogen-bond acceptors (Lipinski definition) is 3. The van der Waals surface area contributed by atoms with Crippen molar-refractivity contribution in [2.24, 2.45) is 0 Å². The Hall–Kier alpha value is -0.950. The van der Waals surface area contributed by atoms with Crippen LogP contribution in [0.1, 0.15) is 25.0 Å². The molecule has 0 radical (unpaired) electrons. The highest BCUT2D eigenvalue weighted by molar-refractivity contribution is 7.86. The molecule has 0 aliphatic carbocycles. The van der Waals surface area contributed by atoms with E-state index >= 15 is 0 Å². The third-order valence-electron chi connectivity index (χ3n) is 4.43. The van der Waals surface area contributed by atoms with Crippen molar-refractivity contribution < 1.29 is 8.42 Å². The van der Waals surface area contributed by atoms with Crippen LogP contribution >= 0.6 is 0 Å². The molecule has 2 unspecified atom stereocenters. The highest BCUT2D eigenvalue weighted by atomic mass is 32.2. The highest BCUT2D eigenvalue weighted by Crippen LogP contribution is 2.24. The van der Waals surface area contributed by atoms with E-state index in [0.717, 1.165) is 12.0 Å². The summed E-state index contributed by atoms with van der Waals surface area (Å²) in [6.45, 7) is 6.31. The van der Waals surface area contributed by atoms with E-state index in [1.807, 2.05) is 32.0 Å². The minimum atomic E-state index is -3.38. The summed E-state index contributed by atoms with van der Waals surface area (Å²) >= 11 is 0. The Morgan fingerprint density at radius 1 is 1.19 bits per heavy atom. The van der Waals surface area contributed by atoms with Crippen LogP contribution in [0.25, 0.3) is 0 Å². The minimum Gasteiger partial charge on any atom is -0.311 e. The molecule has 2 aliphatic heterocycles. The van der Waals surface area contributed by atoms with Gasteiger partial charge in [0.15, 0.2) is 0 Å². The molecular formula is C15H23N3O2S. The van der Waals surface area contributed by atoms with Crippen LogP contribution in [0.3, 0.4) is 0 Å². The third kappa shape index (κ3) is 2.85. The summed E-state index contributed by atoms with van der Waals surface area (Å²) in [7, 11) is -3.38. The number of benzene rings is 1. The van der Waals surface area contributed by atoms with Crippen molar-refractivity contribution in [1.29, 1.82) is 0 Å². The Bertz CT molecular complexity index is 617. The van der Waals surface area contributed by atoms with Gasteiger partial charge in [-0.3, -0.25) is 0 Å². The zero-order valence-electron chi connectivity index (χ0n) is 12.6. The van der Waals surface area contributed by atoms with Crippen LogP contribution < -0.4 is 5.32 Å². The van der Waals surface area contributed by atoms with Gasteiger partial charge in [0.1, 0.15) is 0 Å². The summed E-state index contributed by atoms with van der Waals surface area (Å²) in [5.41, 5.74) is 2.40. The molecule has 1 fully saturated rings. The van der Waals surface area contributed by atoms with E-state index in [2.05, 4.69) is 11.4 Å². The SMILES string of the molecule is CC1CN(S(=O)(=O)N2CCc3ccccc3C2)C(C)CN1. The zero-order chi connectivity index (χ0) is 15.0. The first kappa shape index (κ1) is 15.0. The molecular weight excluding hydrogens is 286 g/mol. The predicted molar refractivity (Wildman–Crippen MR) is 83.1 cm³/mol. The molecule has 0 aromatic heterocycles. The van der Waals surface area contributed by atoms with Gasteiger partial charge < -0.3 is 5.32 Å². The lowest BCUT2D eigenvalue weighted by atomic mass is 10.0. The summed E-state index contributed by atoms with van der Waals surface area (Å²) in [6.07, 6.45) is 0.797. The number of fused-ring (bicyclic) bond motifs is 1. The molecule has 0 amide bonds. The summed E-state index contributed by atoms with van der Waals surface area (Å²) < 4.78 is 29.1. The van der Waals surface area contributed by atoms with Crippen LogP contribution in [0, 0.1) is 0 Å². The summed E-state index contributed by atoms with van der Waals surface area (Å²) in [6, 6.07) is 8.32. The fraction of sp³-hybridized carbons (Fsp3) is 0.600. The van der Waals surface area contributed by atoms with Crippen molar-refractivity contribution >= 4 is 10.2 Å². The van der Waals surface area contributed by atoms with Gasteiger partial charge in [0.2, 0.25) is 0 Å². The second kappa shape index (κ2) is 5.68. The van der Waals surface area contributed by atoms with Gasteiger partial charge in [0.25, 0.3) is 10.2 Å². The maximum absolute atomic E-state index is 12.9. The summed E-state index contributed by atoms with van der Waals surface area (Å²) in [5.74, 6) is 0. The van der Waals surface area contributed by atoms with E-state index in [9.17, 15) is 8.42 Å². The average molecular weight is 309 g/mol. The normalized spacial score (nSPS) is 28.3. The van der Waals surface area contributed by atoms with Gasteiger partial charge in [0, 0.05) is 38.3 Å². The van der Waals surface area contributed by atoms with Crippen molar-refractivity contribution in [2.75, 3.05) is 19.6 Å². The van der Waals surface area contributed by atoms with Crippen LogP contribution in [0.15, 0.2) is 24.3 Å². The Balaban J connectivity index is 1.83. The molecule has 6 heteroatoms. The van der Waals surface area contributed by atoms with Gasteiger partial charge >= 0.3 is 0 Å². The van der Waals surface area contributed by atoms with Crippen molar-refractivity contribution in [1.82, 2.24) is 13.9 Å². The first-order valence-electron chi connectivity index (χ1n) is 7.55. The predicted octanol–water partition coefficient (Wildman–Crippen LogP) is 0.972.